The molecule has 124 valence electrons. The van der Waals surface area contributed by atoms with Crippen LogP contribution in [0.1, 0.15) is 49.8 Å². The van der Waals surface area contributed by atoms with E-state index in [1.165, 1.54) is 0 Å². The number of nitrogens with one attached hydrogen (secondary N) is 1. The Morgan fingerprint density at radius 1 is 1.43 bits per heavy atom. The third-order valence-corrected chi connectivity index (χ3v) is 4.26. The predicted molar refractivity (Wildman–Crippen MR) is 85.9 cm³/mol. The van der Waals surface area contributed by atoms with Crippen molar-refractivity contribution in [2.24, 2.45) is 7.05 Å². The van der Waals surface area contributed by atoms with E-state index in [1.54, 1.807) is 4.68 Å². The smallest absolute Gasteiger partial charge is 0.220 e. The number of nitrogens with zero attached hydrogens (tertiary/aromatic N) is 5. The minimum absolute atomic E-state index is 0.0986. The normalized spacial score (nSPS) is 17.3. The van der Waals surface area contributed by atoms with Crippen molar-refractivity contribution in [3.05, 3.63) is 29.6 Å². The fourth-order valence-electron chi connectivity index (χ4n) is 3.05. The van der Waals surface area contributed by atoms with E-state index in [0.29, 0.717) is 12.3 Å². The van der Waals surface area contributed by atoms with Gasteiger partial charge in [-0.1, -0.05) is 13.8 Å². The maximum Gasteiger partial charge on any atom is 0.220 e. The molecule has 2 aromatic rings. The summed E-state index contributed by atoms with van der Waals surface area (Å²) in [5, 5.41) is 15.8. The van der Waals surface area contributed by atoms with Crippen LogP contribution in [-0.2, 0) is 31.2 Å². The molecule has 1 aliphatic heterocycles. The van der Waals surface area contributed by atoms with E-state index < -0.39 is 0 Å². The molecule has 0 spiro atoms. The van der Waals surface area contributed by atoms with Crippen molar-refractivity contribution in [3.8, 4) is 0 Å². The van der Waals surface area contributed by atoms with Gasteiger partial charge in [0, 0.05) is 44.6 Å². The number of rotatable bonds is 5. The molecule has 1 amide bonds. The van der Waals surface area contributed by atoms with E-state index in [2.05, 4.69) is 39.0 Å². The predicted octanol–water partition coefficient (Wildman–Crippen LogP) is 1.20. The van der Waals surface area contributed by atoms with Crippen molar-refractivity contribution < 1.29 is 4.79 Å². The molecule has 3 rings (SSSR count). The van der Waals surface area contributed by atoms with E-state index in [-0.39, 0.29) is 11.9 Å². The maximum absolute atomic E-state index is 12.2. The van der Waals surface area contributed by atoms with Crippen molar-refractivity contribution in [3.63, 3.8) is 0 Å². The zero-order chi connectivity index (χ0) is 16.4. The molecule has 0 radical (unpaired) electrons. The largest absolute Gasteiger partial charge is 0.352 e. The molecule has 23 heavy (non-hydrogen) atoms. The molecule has 0 saturated heterocycles. The first kappa shape index (κ1) is 15.7. The van der Waals surface area contributed by atoms with Gasteiger partial charge in [0.15, 0.2) is 0 Å². The van der Waals surface area contributed by atoms with Gasteiger partial charge >= 0.3 is 0 Å². The molecule has 0 bridgehead atoms. The summed E-state index contributed by atoms with van der Waals surface area (Å²) in [4.78, 5) is 12.2. The summed E-state index contributed by atoms with van der Waals surface area (Å²) in [6.07, 6.45) is 6.77. The lowest BCUT2D eigenvalue weighted by Gasteiger charge is -2.26. The number of hydrogen-bond donors (Lipinski definition) is 1. The number of amides is 1. The third kappa shape index (κ3) is 3.60. The number of aryl methyl sites for hydroxylation is 3. The van der Waals surface area contributed by atoms with Crippen LogP contribution in [0.5, 0.6) is 0 Å². The molecule has 3 heterocycles. The molecule has 2 aromatic heterocycles. The van der Waals surface area contributed by atoms with E-state index >= 15 is 0 Å². The molecule has 1 N–H and O–H groups in total. The molecule has 0 saturated carbocycles. The summed E-state index contributed by atoms with van der Waals surface area (Å²) < 4.78 is 3.93. The van der Waals surface area contributed by atoms with Crippen molar-refractivity contribution in [2.45, 2.75) is 58.0 Å². The van der Waals surface area contributed by atoms with Gasteiger partial charge in [0.2, 0.25) is 5.91 Å². The molecule has 7 nitrogen and oxygen atoms in total. The molecule has 7 heteroatoms. The minimum Gasteiger partial charge on any atom is -0.352 e. The fourth-order valence-corrected chi connectivity index (χ4v) is 3.05. The SMILES string of the molecule is CC(C)c1nnc2n1CC(NC(=O)CCc1cnn(C)c1)CC2. The topological polar surface area (TPSA) is 77.6 Å². The van der Waals surface area contributed by atoms with Crippen LogP contribution in [0.25, 0.3) is 0 Å². The van der Waals surface area contributed by atoms with Crippen LogP contribution in [0.2, 0.25) is 0 Å². The van der Waals surface area contributed by atoms with E-state index in [9.17, 15) is 4.79 Å². The highest BCUT2D eigenvalue weighted by atomic mass is 16.1. The van der Waals surface area contributed by atoms with E-state index in [0.717, 1.165) is 43.0 Å². The second-order valence-corrected chi connectivity index (χ2v) is 6.57. The average Bonchev–Trinajstić information content (AvgIpc) is 3.11. The summed E-state index contributed by atoms with van der Waals surface area (Å²) in [6, 6.07) is 0.164. The maximum atomic E-state index is 12.2. The molecule has 0 fully saturated rings. The summed E-state index contributed by atoms with van der Waals surface area (Å²) in [7, 11) is 1.88. The van der Waals surface area contributed by atoms with Crippen molar-refractivity contribution in [2.75, 3.05) is 0 Å². The monoisotopic (exact) mass is 316 g/mol. The van der Waals surface area contributed by atoms with Gasteiger partial charge in [0.1, 0.15) is 11.6 Å². The van der Waals surface area contributed by atoms with Crippen LogP contribution in [0.3, 0.4) is 0 Å². The van der Waals surface area contributed by atoms with Gasteiger partial charge in [-0.3, -0.25) is 9.48 Å². The quantitative estimate of drug-likeness (QED) is 0.899. The third-order valence-electron chi connectivity index (χ3n) is 4.26. The lowest BCUT2D eigenvalue weighted by molar-refractivity contribution is -0.122. The Hall–Kier alpha value is -2.18. The van der Waals surface area contributed by atoms with E-state index in [4.69, 9.17) is 0 Å². The van der Waals surface area contributed by atoms with Crippen LogP contribution in [0.4, 0.5) is 0 Å². The second-order valence-electron chi connectivity index (χ2n) is 6.57. The van der Waals surface area contributed by atoms with Crippen LogP contribution in [-0.4, -0.2) is 36.5 Å². The summed E-state index contributed by atoms with van der Waals surface area (Å²) in [5.74, 6) is 2.49. The molecule has 0 aromatic carbocycles. The Balaban J connectivity index is 1.54. The standard InChI is InChI=1S/C16H24N6O/c1-11(2)16-20-19-14-6-5-13(10-22(14)16)18-15(23)7-4-12-8-17-21(3)9-12/h8-9,11,13H,4-7,10H2,1-3H3,(H,18,23). The van der Waals surface area contributed by atoms with Gasteiger partial charge in [-0.25, -0.2) is 0 Å². The van der Waals surface area contributed by atoms with E-state index in [1.807, 2.05) is 19.4 Å². The second kappa shape index (κ2) is 6.52. The van der Waals surface area contributed by atoms with Gasteiger partial charge < -0.3 is 9.88 Å². The molecule has 1 unspecified atom stereocenters. The molecule has 0 aliphatic carbocycles. The zero-order valence-electron chi connectivity index (χ0n) is 14.0. The van der Waals surface area contributed by atoms with Gasteiger partial charge in [0.25, 0.3) is 0 Å². The number of hydrogen-bond acceptors (Lipinski definition) is 4. The molecule has 1 atom stereocenters. The lowest BCUT2D eigenvalue weighted by Crippen LogP contribution is -2.41. The summed E-state index contributed by atoms with van der Waals surface area (Å²) in [6.45, 7) is 5.01. The van der Waals surface area contributed by atoms with Gasteiger partial charge in [0.05, 0.1) is 6.20 Å². The van der Waals surface area contributed by atoms with Crippen molar-refractivity contribution >= 4 is 5.91 Å². The Kier molecular flexibility index (Phi) is 4.45. The highest BCUT2D eigenvalue weighted by Crippen LogP contribution is 2.20. The highest BCUT2D eigenvalue weighted by molar-refractivity contribution is 5.76. The Labute approximate surface area is 136 Å². The van der Waals surface area contributed by atoms with Gasteiger partial charge in [-0.15, -0.1) is 10.2 Å². The first-order valence-electron chi connectivity index (χ1n) is 8.21. The number of carbonyl (C=O) groups is 1. The zero-order valence-corrected chi connectivity index (χ0v) is 14.0. The molecular formula is C16H24N6O. The highest BCUT2D eigenvalue weighted by Gasteiger charge is 2.24. The Bertz CT molecular complexity index is 687. The van der Waals surface area contributed by atoms with Gasteiger partial charge in [-0.2, -0.15) is 5.10 Å². The minimum atomic E-state index is 0.0986. The first-order valence-corrected chi connectivity index (χ1v) is 8.21. The van der Waals surface area contributed by atoms with Crippen LogP contribution >= 0.6 is 0 Å². The van der Waals surface area contributed by atoms with Crippen molar-refractivity contribution in [1.82, 2.24) is 29.9 Å². The first-order chi connectivity index (χ1) is 11.0. The Morgan fingerprint density at radius 3 is 2.96 bits per heavy atom. The molecule has 1 aliphatic rings. The fraction of sp³-hybridized carbons (Fsp3) is 0.625. The van der Waals surface area contributed by atoms with Crippen LogP contribution < -0.4 is 5.32 Å². The average molecular weight is 316 g/mol. The lowest BCUT2D eigenvalue weighted by atomic mass is 10.1. The number of carbonyl (C=O) groups excluding carboxylic acids is 1. The molecular weight excluding hydrogens is 292 g/mol. The summed E-state index contributed by atoms with van der Waals surface area (Å²) >= 11 is 0. The van der Waals surface area contributed by atoms with Crippen LogP contribution in [0, 0.1) is 0 Å². The Morgan fingerprint density at radius 2 is 2.26 bits per heavy atom. The van der Waals surface area contributed by atoms with Crippen LogP contribution in [0.15, 0.2) is 12.4 Å². The number of fused-ring (bicyclic) bond motifs is 1. The van der Waals surface area contributed by atoms with Crippen molar-refractivity contribution in [1.29, 1.82) is 0 Å². The summed E-state index contributed by atoms with van der Waals surface area (Å²) in [5.41, 5.74) is 1.09. The number of aromatic nitrogens is 5. The van der Waals surface area contributed by atoms with Gasteiger partial charge in [-0.05, 0) is 18.4 Å².